The summed E-state index contributed by atoms with van der Waals surface area (Å²) >= 11 is 0. The summed E-state index contributed by atoms with van der Waals surface area (Å²) in [5.41, 5.74) is 2.34. The van der Waals surface area contributed by atoms with Gasteiger partial charge in [0.15, 0.2) is 6.29 Å². The number of rotatable bonds is 9. The van der Waals surface area contributed by atoms with Gasteiger partial charge in [0.2, 0.25) is 0 Å². The summed E-state index contributed by atoms with van der Waals surface area (Å²) in [5.74, 6) is 0.738. The molecule has 31 heavy (non-hydrogen) atoms. The molecule has 1 aromatic carbocycles. The number of hydrogen-bond donors (Lipinski definition) is 0. The van der Waals surface area contributed by atoms with Crippen LogP contribution in [-0.4, -0.2) is 65.1 Å². The van der Waals surface area contributed by atoms with Crippen molar-refractivity contribution >= 4 is 23.2 Å². The van der Waals surface area contributed by atoms with Crippen molar-refractivity contribution in [2.45, 2.75) is 12.8 Å². The number of aromatic nitrogens is 2. The van der Waals surface area contributed by atoms with Crippen LogP contribution in [0.3, 0.4) is 0 Å². The molecule has 4 rings (SSSR count). The van der Waals surface area contributed by atoms with Crippen LogP contribution in [-0.2, 0) is 0 Å². The number of unbranched alkanes of at least 4 members (excludes halogenated alkanes) is 1. The molecule has 3 aromatic rings. The second-order valence-corrected chi connectivity index (χ2v) is 7.57. The third kappa shape index (κ3) is 5.00. The molecule has 0 atom stereocenters. The number of fused-ring (bicyclic) bond motifs is 1. The third-order valence-corrected chi connectivity index (χ3v) is 5.57. The van der Waals surface area contributed by atoms with E-state index in [1.54, 1.807) is 29.0 Å². The van der Waals surface area contributed by atoms with Gasteiger partial charge in [0.05, 0.1) is 28.8 Å². The number of hydrogen-bond acceptors (Lipinski definition) is 7. The fourth-order valence-electron chi connectivity index (χ4n) is 3.82. The van der Waals surface area contributed by atoms with E-state index < -0.39 is 0 Å². The molecule has 0 saturated carbocycles. The third-order valence-electron chi connectivity index (χ3n) is 5.57. The molecular weight excluding hydrogens is 398 g/mol. The van der Waals surface area contributed by atoms with Gasteiger partial charge in [-0.25, -0.2) is 4.52 Å². The zero-order chi connectivity index (χ0) is 21.6. The summed E-state index contributed by atoms with van der Waals surface area (Å²) in [6.45, 7) is 5.23. The maximum Gasteiger partial charge on any atom is 0.271 e. The maximum atomic E-state index is 11.1. The predicted octanol–water partition coefficient (Wildman–Crippen LogP) is 3.04. The molecular formula is C22H25N5O4. The number of carbonyl (C=O) groups is 1. The first-order valence-corrected chi connectivity index (χ1v) is 10.4. The number of pyridine rings is 1. The molecule has 0 aliphatic carbocycles. The number of aldehydes is 1. The number of benzene rings is 1. The smallest absolute Gasteiger partial charge is 0.271 e. The molecule has 1 saturated heterocycles. The largest absolute Gasteiger partial charge is 0.493 e. The van der Waals surface area contributed by atoms with Crippen molar-refractivity contribution in [3.05, 3.63) is 64.5 Å². The number of nitro groups is 1. The van der Waals surface area contributed by atoms with Gasteiger partial charge >= 0.3 is 0 Å². The van der Waals surface area contributed by atoms with E-state index in [-0.39, 0.29) is 10.6 Å². The number of nitro benzene ring substituents is 1. The number of nitrogens with zero attached hydrogens (tertiary/aromatic N) is 5. The highest BCUT2D eigenvalue weighted by molar-refractivity contribution is 5.85. The molecule has 9 nitrogen and oxygen atoms in total. The molecule has 1 aliphatic rings. The van der Waals surface area contributed by atoms with Crippen molar-refractivity contribution in [1.29, 1.82) is 0 Å². The van der Waals surface area contributed by atoms with Crippen molar-refractivity contribution in [3.8, 4) is 5.75 Å². The maximum absolute atomic E-state index is 11.1. The lowest BCUT2D eigenvalue weighted by Gasteiger charge is -2.36. The second kappa shape index (κ2) is 9.57. The Labute approximate surface area is 180 Å². The molecule has 0 unspecified atom stereocenters. The van der Waals surface area contributed by atoms with Crippen LogP contribution in [0.1, 0.15) is 23.2 Å². The molecule has 3 heterocycles. The van der Waals surface area contributed by atoms with E-state index in [4.69, 9.17) is 4.74 Å². The Morgan fingerprint density at radius 1 is 1.13 bits per heavy atom. The quantitative estimate of drug-likeness (QED) is 0.226. The second-order valence-electron chi connectivity index (χ2n) is 7.57. The van der Waals surface area contributed by atoms with Gasteiger partial charge in [0, 0.05) is 56.3 Å². The van der Waals surface area contributed by atoms with Gasteiger partial charge in [-0.1, -0.05) is 6.07 Å². The minimum atomic E-state index is -0.351. The van der Waals surface area contributed by atoms with Crippen molar-refractivity contribution in [2.24, 2.45) is 0 Å². The van der Waals surface area contributed by atoms with E-state index in [0.29, 0.717) is 12.2 Å². The van der Waals surface area contributed by atoms with Crippen LogP contribution in [0.5, 0.6) is 5.75 Å². The van der Waals surface area contributed by atoms with Crippen LogP contribution in [0.15, 0.2) is 48.8 Å². The molecule has 9 heteroatoms. The summed E-state index contributed by atoms with van der Waals surface area (Å²) in [5, 5.41) is 15.1. The van der Waals surface area contributed by atoms with Crippen LogP contribution < -0.4 is 9.64 Å². The number of ether oxygens (including phenoxy) is 1. The van der Waals surface area contributed by atoms with Crippen LogP contribution in [0.2, 0.25) is 0 Å². The zero-order valence-electron chi connectivity index (χ0n) is 17.2. The van der Waals surface area contributed by atoms with Crippen LogP contribution in [0.25, 0.3) is 5.52 Å². The highest BCUT2D eigenvalue weighted by Gasteiger charge is 2.18. The summed E-state index contributed by atoms with van der Waals surface area (Å²) < 4.78 is 7.50. The van der Waals surface area contributed by atoms with Gasteiger partial charge in [-0.3, -0.25) is 19.8 Å². The van der Waals surface area contributed by atoms with Gasteiger partial charge in [-0.05, 0) is 31.5 Å². The van der Waals surface area contributed by atoms with E-state index in [0.717, 1.165) is 68.8 Å². The lowest BCUT2D eigenvalue weighted by Crippen LogP contribution is -2.46. The summed E-state index contributed by atoms with van der Waals surface area (Å²) in [4.78, 5) is 26.3. The number of non-ortho nitro benzene ring substituents is 1. The lowest BCUT2D eigenvalue weighted by molar-refractivity contribution is -0.384. The van der Waals surface area contributed by atoms with Crippen LogP contribution in [0.4, 0.5) is 11.4 Å². The minimum Gasteiger partial charge on any atom is -0.493 e. The summed E-state index contributed by atoms with van der Waals surface area (Å²) in [7, 11) is 0. The Morgan fingerprint density at radius 2 is 1.97 bits per heavy atom. The van der Waals surface area contributed by atoms with E-state index in [1.807, 2.05) is 18.2 Å². The number of piperazine rings is 1. The summed E-state index contributed by atoms with van der Waals surface area (Å²) in [6.07, 6.45) is 6.11. The van der Waals surface area contributed by atoms with Crippen molar-refractivity contribution in [3.63, 3.8) is 0 Å². The SMILES string of the molecule is O=Cc1cnn2ccc(OCCCCN3CCN(c4cccc([N+](=O)[O-])c4)CC3)cc12. The molecule has 0 spiro atoms. The van der Waals surface area contributed by atoms with Crippen LogP contribution in [0, 0.1) is 10.1 Å². The Morgan fingerprint density at radius 3 is 2.74 bits per heavy atom. The van der Waals surface area contributed by atoms with Gasteiger partial charge in [0.25, 0.3) is 5.69 Å². The monoisotopic (exact) mass is 423 g/mol. The van der Waals surface area contributed by atoms with Gasteiger partial charge < -0.3 is 9.64 Å². The van der Waals surface area contributed by atoms with Gasteiger partial charge in [-0.15, -0.1) is 0 Å². The normalized spacial score (nSPS) is 14.6. The number of carbonyl (C=O) groups excluding carboxylic acids is 1. The van der Waals surface area contributed by atoms with Crippen molar-refractivity contribution in [1.82, 2.24) is 14.5 Å². The molecule has 0 radical (unpaired) electrons. The average Bonchev–Trinajstić information content (AvgIpc) is 3.22. The van der Waals surface area contributed by atoms with E-state index in [9.17, 15) is 14.9 Å². The first-order chi connectivity index (χ1) is 15.1. The molecule has 0 amide bonds. The Bertz CT molecular complexity index is 1060. The first kappa shape index (κ1) is 20.8. The molecule has 1 aliphatic heterocycles. The van der Waals surface area contributed by atoms with Crippen LogP contribution >= 0.6 is 0 Å². The fraction of sp³-hybridized carbons (Fsp3) is 0.364. The highest BCUT2D eigenvalue weighted by atomic mass is 16.6. The van der Waals surface area contributed by atoms with Crippen molar-refractivity contribution < 1.29 is 14.5 Å². The number of anilines is 1. The Kier molecular flexibility index (Phi) is 6.42. The zero-order valence-corrected chi connectivity index (χ0v) is 17.2. The standard InChI is InChI=1S/C22H25N5O4/c28-17-18-16-23-26-8-6-21(15-22(18)26)31-13-2-1-7-24-9-11-25(12-10-24)19-4-3-5-20(14-19)27(29)30/h3-6,8,14-17H,1-2,7,9-13H2. The Hall–Kier alpha value is -3.46. The molecule has 1 fully saturated rings. The highest BCUT2D eigenvalue weighted by Crippen LogP contribution is 2.22. The molecule has 0 N–H and O–H groups in total. The summed E-state index contributed by atoms with van der Waals surface area (Å²) in [6, 6.07) is 10.5. The molecule has 162 valence electrons. The predicted molar refractivity (Wildman–Crippen MR) is 117 cm³/mol. The van der Waals surface area contributed by atoms with E-state index >= 15 is 0 Å². The molecule has 0 bridgehead atoms. The molecule has 2 aromatic heterocycles. The minimum absolute atomic E-state index is 0.134. The lowest BCUT2D eigenvalue weighted by atomic mass is 10.2. The van der Waals surface area contributed by atoms with E-state index in [1.165, 1.54) is 6.07 Å². The average molecular weight is 423 g/mol. The van der Waals surface area contributed by atoms with Crippen molar-refractivity contribution in [2.75, 3.05) is 44.2 Å². The fourth-order valence-corrected chi connectivity index (χ4v) is 3.82. The van der Waals surface area contributed by atoms with E-state index in [2.05, 4.69) is 14.9 Å². The first-order valence-electron chi connectivity index (χ1n) is 10.4. The topological polar surface area (TPSA) is 93.2 Å². The Balaban J connectivity index is 1.17. The van der Waals surface area contributed by atoms with Gasteiger partial charge in [0.1, 0.15) is 5.75 Å². The van der Waals surface area contributed by atoms with Gasteiger partial charge in [-0.2, -0.15) is 5.10 Å².